The third kappa shape index (κ3) is 4.31. The maximum atomic E-state index is 14.2. The summed E-state index contributed by atoms with van der Waals surface area (Å²) in [6.07, 6.45) is 4.71. The third-order valence-corrected chi connectivity index (χ3v) is 8.94. The molecule has 0 saturated carbocycles. The van der Waals surface area contributed by atoms with Gasteiger partial charge >= 0.3 is 0 Å². The summed E-state index contributed by atoms with van der Waals surface area (Å²) in [7, 11) is 6.72. The number of rotatable bonds is 7. The molecule has 1 saturated heterocycles. The highest BCUT2D eigenvalue weighted by atomic mass is 16.5. The van der Waals surface area contributed by atoms with Crippen LogP contribution in [0.25, 0.3) is 0 Å². The minimum absolute atomic E-state index is 0.0604. The van der Waals surface area contributed by atoms with Crippen molar-refractivity contribution in [3.8, 4) is 23.0 Å². The quantitative estimate of drug-likeness (QED) is 0.432. The molecule has 7 heteroatoms. The van der Waals surface area contributed by atoms with Crippen molar-refractivity contribution in [1.29, 1.82) is 0 Å². The maximum Gasteiger partial charge on any atom is 0.161 e. The first-order valence-electron chi connectivity index (χ1n) is 13.2. The van der Waals surface area contributed by atoms with Crippen LogP contribution in [0.4, 0.5) is 0 Å². The summed E-state index contributed by atoms with van der Waals surface area (Å²) >= 11 is 0. The normalized spacial score (nSPS) is 28.9. The van der Waals surface area contributed by atoms with Crippen LogP contribution in [0, 0.1) is 17.0 Å². The van der Waals surface area contributed by atoms with Crippen LogP contribution in [-0.2, 0) is 12.8 Å². The van der Waals surface area contributed by atoms with Crippen molar-refractivity contribution in [3.63, 3.8) is 0 Å². The van der Waals surface area contributed by atoms with Gasteiger partial charge in [0.15, 0.2) is 23.0 Å². The Balaban J connectivity index is 1.46. The first kappa shape index (κ1) is 25.2. The molecule has 3 heterocycles. The Morgan fingerprint density at radius 1 is 0.833 bits per heavy atom. The van der Waals surface area contributed by atoms with Crippen molar-refractivity contribution in [2.45, 2.75) is 51.1 Å². The van der Waals surface area contributed by atoms with E-state index in [-0.39, 0.29) is 16.7 Å². The van der Waals surface area contributed by atoms with Crippen LogP contribution >= 0.6 is 0 Å². The first-order chi connectivity index (χ1) is 17.4. The molecule has 196 valence electrons. The molecule has 3 aliphatic heterocycles. The lowest BCUT2D eigenvalue weighted by Crippen LogP contribution is -2.57. The number of quaternary nitrogens is 1. The topological polar surface area (TPSA) is 72.0 Å². The Hall–Kier alpha value is -2.48. The van der Waals surface area contributed by atoms with Crippen LogP contribution in [0.15, 0.2) is 24.3 Å². The number of hydrogen-bond acceptors (Lipinski definition) is 6. The molecule has 1 fully saturated rings. The predicted octanol–water partition coefficient (Wildman–Crippen LogP) is 4.96. The molecular weight excluding hydrogens is 456 g/mol. The van der Waals surface area contributed by atoms with Gasteiger partial charge in [-0.15, -0.1) is 0 Å². The van der Waals surface area contributed by atoms with Gasteiger partial charge in [-0.3, -0.25) is 0 Å². The fourth-order valence-electron chi connectivity index (χ4n) is 6.98. The summed E-state index contributed by atoms with van der Waals surface area (Å²) in [5.74, 6) is 3.88. The van der Waals surface area contributed by atoms with Crippen LogP contribution in [0.2, 0.25) is 0 Å². The van der Waals surface area contributed by atoms with Gasteiger partial charge < -0.3 is 34.1 Å². The first-order valence-corrected chi connectivity index (χ1v) is 13.2. The Bertz CT molecular complexity index is 1110. The van der Waals surface area contributed by atoms with Crippen molar-refractivity contribution in [2.75, 3.05) is 48.1 Å². The molecule has 0 aromatic heterocycles. The molecule has 5 rings (SSSR count). The molecule has 0 bridgehead atoms. The lowest BCUT2D eigenvalue weighted by atomic mass is 9.72. The zero-order valence-corrected chi connectivity index (χ0v) is 22.3. The number of benzene rings is 2. The Labute approximate surface area is 214 Å². The Morgan fingerprint density at radius 3 is 2.03 bits per heavy atom. The molecule has 36 heavy (non-hydrogen) atoms. The number of piperidine rings is 1. The van der Waals surface area contributed by atoms with Gasteiger partial charge in [-0.1, -0.05) is 6.92 Å². The fourth-order valence-corrected chi connectivity index (χ4v) is 6.98. The minimum atomic E-state index is -0.114. The van der Waals surface area contributed by atoms with Crippen LogP contribution in [0.5, 0.6) is 23.0 Å². The third-order valence-electron chi connectivity index (χ3n) is 8.94. The molecule has 2 aromatic carbocycles. The molecule has 0 amide bonds. The van der Waals surface area contributed by atoms with E-state index in [0.717, 1.165) is 61.5 Å². The van der Waals surface area contributed by atoms with Gasteiger partial charge in [0.1, 0.15) is 6.04 Å². The van der Waals surface area contributed by atoms with Crippen molar-refractivity contribution in [2.24, 2.45) is 11.8 Å². The van der Waals surface area contributed by atoms with Gasteiger partial charge in [0.2, 0.25) is 0 Å². The summed E-state index contributed by atoms with van der Waals surface area (Å²) in [5, 5.41) is 18.0. The summed E-state index contributed by atoms with van der Waals surface area (Å²) in [5.41, 5.74) is 5.01. The van der Waals surface area contributed by atoms with Gasteiger partial charge in [0, 0.05) is 30.4 Å². The number of hydroxylamine groups is 3. The summed E-state index contributed by atoms with van der Waals surface area (Å²) in [4.78, 5) is 0. The van der Waals surface area contributed by atoms with Gasteiger partial charge in [-0.2, -0.15) is 0 Å². The number of methoxy groups -OCH3 is 4. The van der Waals surface area contributed by atoms with E-state index in [4.69, 9.17) is 18.9 Å². The predicted molar refractivity (Wildman–Crippen MR) is 140 cm³/mol. The second kappa shape index (κ2) is 10.1. The van der Waals surface area contributed by atoms with Crippen molar-refractivity contribution >= 4 is 0 Å². The van der Waals surface area contributed by atoms with E-state index in [1.807, 2.05) is 0 Å². The van der Waals surface area contributed by atoms with E-state index in [1.54, 1.807) is 28.4 Å². The number of ether oxygens (including phenoxy) is 4. The van der Waals surface area contributed by atoms with E-state index in [0.29, 0.717) is 30.7 Å². The van der Waals surface area contributed by atoms with Crippen LogP contribution in [0.3, 0.4) is 0 Å². The SMILES string of the molecule is CCC1C[N+]2([O-])CCc3cc(OC)c(OC)cc3C2CC1CC1NCCc2cc(OC)c(OC)cc21. The molecule has 0 spiro atoms. The Kier molecular flexibility index (Phi) is 7.07. The van der Waals surface area contributed by atoms with Gasteiger partial charge in [-0.05, 0) is 72.7 Å². The molecule has 3 aliphatic rings. The number of nitrogens with zero attached hydrogens (tertiary/aromatic N) is 1. The molecule has 7 nitrogen and oxygen atoms in total. The second-order valence-corrected chi connectivity index (χ2v) is 10.6. The van der Waals surface area contributed by atoms with E-state index in [1.165, 1.54) is 16.7 Å². The zero-order valence-electron chi connectivity index (χ0n) is 22.3. The summed E-state index contributed by atoms with van der Waals surface area (Å²) < 4.78 is 22.2. The van der Waals surface area contributed by atoms with Gasteiger partial charge in [0.05, 0.1) is 41.5 Å². The lowest BCUT2D eigenvalue weighted by molar-refractivity contribution is -0.924. The van der Waals surface area contributed by atoms with Crippen LogP contribution < -0.4 is 24.3 Å². The van der Waals surface area contributed by atoms with Crippen molar-refractivity contribution in [1.82, 2.24) is 5.32 Å². The molecule has 2 aromatic rings. The van der Waals surface area contributed by atoms with Gasteiger partial charge in [0.25, 0.3) is 0 Å². The van der Waals surface area contributed by atoms with Crippen molar-refractivity contribution < 1.29 is 23.6 Å². The molecular formula is C29H40N2O5. The van der Waals surface area contributed by atoms with Gasteiger partial charge in [-0.25, -0.2) is 0 Å². The summed E-state index contributed by atoms with van der Waals surface area (Å²) in [6, 6.07) is 8.61. The van der Waals surface area contributed by atoms with E-state index >= 15 is 0 Å². The van der Waals surface area contributed by atoms with Crippen molar-refractivity contribution in [3.05, 3.63) is 51.7 Å². The monoisotopic (exact) mass is 496 g/mol. The second-order valence-electron chi connectivity index (χ2n) is 10.6. The fraction of sp³-hybridized carbons (Fsp3) is 0.586. The largest absolute Gasteiger partial charge is 0.632 e. The minimum Gasteiger partial charge on any atom is -0.632 e. The highest BCUT2D eigenvalue weighted by Crippen LogP contribution is 2.51. The molecule has 0 radical (unpaired) electrons. The highest BCUT2D eigenvalue weighted by Gasteiger charge is 2.46. The van der Waals surface area contributed by atoms with Crippen LogP contribution in [-0.4, -0.2) is 52.7 Å². The standard InChI is InChI=1S/C29H40N2O5/c1-6-18-17-31(32)10-8-20-14-27(34-3)29(36-5)16-23(20)25(31)12-21(18)11-24-22-15-28(35-4)26(33-2)13-19(22)7-9-30-24/h13-16,18,21,24-25,30H,6-12,17H2,1-5H3. The smallest absolute Gasteiger partial charge is 0.161 e. The molecule has 0 aliphatic carbocycles. The Morgan fingerprint density at radius 2 is 1.42 bits per heavy atom. The molecule has 5 atom stereocenters. The number of nitrogens with one attached hydrogen (secondary N) is 1. The number of hydrogen-bond donors (Lipinski definition) is 1. The lowest BCUT2D eigenvalue weighted by Gasteiger charge is -2.58. The highest BCUT2D eigenvalue weighted by molar-refractivity contribution is 5.50. The zero-order chi connectivity index (χ0) is 25.4. The molecule has 5 unspecified atom stereocenters. The van der Waals surface area contributed by atoms with Crippen LogP contribution in [0.1, 0.15) is 60.5 Å². The average molecular weight is 497 g/mol. The van der Waals surface area contributed by atoms with E-state index in [9.17, 15) is 5.21 Å². The van der Waals surface area contributed by atoms with E-state index < -0.39 is 0 Å². The maximum absolute atomic E-state index is 14.2. The van der Waals surface area contributed by atoms with E-state index in [2.05, 4.69) is 36.5 Å². The summed E-state index contributed by atoms with van der Waals surface area (Å²) in [6.45, 7) is 4.51. The molecule has 1 N–H and O–H groups in total. The average Bonchev–Trinajstić information content (AvgIpc) is 2.91. The number of fused-ring (bicyclic) bond motifs is 4.